The third-order valence-electron chi connectivity index (χ3n) is 9.88. The highest BCUT2D eigenvalue weighted by Crippen LogP contribution is 2.42. The van der Waals surface area contributed by atoms with Crippen LogP contribution < -0.4 is 5.32 Å². The van der Waals surface area contributed by atoms with Crippen LogP contribution in [0, 0.1) is 0 Å². The summed E-state index contributed by atoms with van der Waals surface area (Å²) in [4.78, 5) is 33.9. The SMILES string of the molecule is CCCC/C=C\C/C=C\CCCCCCCC(=O)NCCOP(=O)(O)OCC(O)COC(=O)CCCCCCCCCCCCCCCCCCCCCC. The Labute approximate surface area is 338 Å². The number of aliphatic hydroxyl groups is 1. The Morgan fingerprint density at radius 2 is 1.00 bits per heavy atom. The molecule has 0 aliphatic carbocycles. The standard InChI is InChI=1S/C45H86NO8P/c1-3-5-7-9-11-13-15-17-19-20-21-22-23-24-26-28-30-32-34-36-38-45(49)52-41-43(47)42-54-55(50,51)53-40-39-46-44(48)37-35-33-31-29-27-25-18-16-14-12-10-8-6-4-2/h10,12,16,18,43,47H,3-9,11,13-15,17,19-42H2,1-2H3,(H,46,48)(H,50,51)/b12-10-,18-16-. The highest BCUT2D eigenvalue weighted by atomic mass is 31.2. The summed E-state index contributed by atoms with van der Waals surface area (Å²) in [5, 5.41) is 12.7. The summed E-state index contributed by atoms with van der Waals surface area (Å²) in [6.45, 7) is 3.52. The average Bonchev–Trinajstić information content (AvgIpc) is 3.17. The van der Waals surface area contributed by atoms with Crippen molar-refractivity contribution in [3.8, 4) is 0 Å². The largest absolute Gasteiger partial charge is 0.472 e. The molecule has 3 N–H and O–H groups in total. The van der Waals surface area contributed by atoms with Crippen molar-refractivity contribution in [1.29, 1.82) is 0 Å². The maximum absolute atomic E-state index is 12.1. The molecule has 324 valence electrons. The Hall–Kier alpha value is -1.51. The third-order valence-corrected chi connectivity index (χ3v) is 10.9. The lowest BCUT2D eigenvalue weighted by atomic mass is 10.0. The topological polar surface area (TPSA) is 131 Å². The molecule has 0 fully saturated rings. The Morgan fingerprint density at radius 3 is 1.51 bits per heavy atom. The fraction of sp³-hybridized carbons (Fsp3) is 0.867. The molecule has 1 amide bonds. The molecule has 0 aliphatic rings. The van der Waals surface area contributed by atoms with Gasteiger partial charge in [-0.25, -0.2) is 4.57 Å². The quantitative estimate of drug-likeness (QED) is 0.0240. The van der Waals surface area contributed by atoms with E-state index in [9.17, 15) is 24.2 Å². The molecule has 0 spiro atoms. The van der Waals surface area contributed by atoms with Crippen molar-refractivity contribution in [1.82, 2.24) is 5.32 Å². The zero-order chi connectivity index (χ0) is 40.3. The van der Waals surface area contributed by atoms with Crippen molar-refractivity contribution < 1.29 is 37.9 Å². The second-order valence-electron chi connectivity index (χ2n) is 15.4. The van der Waals surface area contributed by atoms with E-state index < -0.39 is 26.5 Å². The molecule has 9 nitrogen and oxygen atoms in total. The predicted octanol–water partition coefficient (Wildman–Crippen LogP) is 12.8. The summed E-state index contributed by atoms with van der Waals surface area (Å²) in [6.07, 6.45) is 45.4. The molecule has 0 radical (unpaired) electrons. The van der Waals surface area contributed by atoms with E-state index >= 15 is 0 Å². The van der Waals surface area contributed by atoms with Crippen LogP contribution in [0.15, 0.2) is 24.3 Å². The second kappa shape index (κ2) is 42.1. The number of carbonyl (C=O) groups is 2. The lowest BCUT2D eigenvalue weighted by Gasteiger charge is -2.15. The maximum atomic E-state index is 12.1. The number of phosphoric ester groups is 1. The molecule has 0 saturated carbocycles. The van der Waals surface area contributed by atoms with Gasteiger partial charge in [-0.05, 0) is 38.5 Å². The Morgan fingerprint density at radius 1 is 0.564 bits per heavy atom. The van der Waals surface area contributed by atoms with Gasteiger partial charge < -0.3 is 20.1 Å². The van der Waals surface area contributed by atoms with Crippen LogP contribution >= 0.6 is 7.82 Å². The average molecular weight is 800 g/mol. The molecule has 55 heavy (non-hydrogen) atoms. The monoisotopic (exact) mass is 800 g/mol. The second-order valence-corrected chi connectivity index (χ2v) is 16.8. The van der Waals surface area contributed by atoms with E-state index in [0.717, 1.165) is 64.2 Å². The van der Waals surface area contributed by atoms with Crippen molar-refractivity contribution in [2.45, 2.75) is 225 Å². The van der Waals surface area contributed by atoms with Crippen molar-refractivity contribution in [3.63, 3.8) is 0 Å². The minimum absolute atomic E-state index is 0.0759. The predicted molar refractivity (Wildman–Crippen MR) is 229 cm³/mol. The van der Waals surface area contributed by atoms with Gasteiger partial charge in [-0.3, -0.25) is 18.6 Å². The molecule has 10 heteroatoms. The Balaban J connectivity index is 3.56. The first-order chi connectivity index (χ1) is 26.8. The lowest BCUT2D eigenvalue weighted by molar-refractivity contribution is -0.147. The van der Waals surface area contributed by atoms with Crippen molar-refractivity contribution in [3.05, 3.63) is 24.3 Å². The fourth-order valence-electron chi connectivity index (χ4n) is 6.40. The number of hydrogen-bond acceptors (Lipinski definition) is 7. The molecule has 0 heterocycles. The summed E-state index contributed by atoms with van der Waals surface area (Å²) in [5.74, 6) is -0.523. The molecular weight excluding hydrogens is 713 g/mol. The first-order valence-corrected chi connectivity index (χ1v) is 24.3. The Bertz CT molecular complexity index is 959. The fourth-order valence-corrected chi connectivity index (χ4v) is 7.16. The number of allylic oxidation sites excluding steroid dienone is 4. The van der Waals surface area contributed by atoms with Crippen LogP contribution in [0.4, 0.5) is 0 Å². The van der Waals surface area contributed by atoms with Gasteiger partial charge in [0.1, 0.15) is 12.7 Å². The lowest BCUT2D eigenvalue weighted by Crippen LogP contribution is -2.27. The molecule has 0 aromatic heterocycles. The van der Waals surface area contributed by atoms with Crippen molar-refractivity contribution in [2.24, 2.45) is 0 Å². The number of nitrogens with one attached hydrogen (secondary N) is 1. The van der Waals surface area contributed by atoms with Crippen molar-refractivity contribution in [2.75, 3.05) is 26.4 Å². The molecule has 2 atom stereocenters. The number of carbonyl (C=O) groups excluding carboxylic acids is 2. The van der Waals surface area contributed by atoms with Crippen LogP contribution in [0.3, 0.4) is 0 Å². The number of ether oxygens (including phenoxy) is 1. The smallest absolute Gasteiger partial charge is 0.463 e. The van der Waals surface area contributed by atoms with Gasteiger partial charge in [0.2, 0.25) is 5.91 Å². The molecule has 0 aliphatic heterocycles. The summed E-state index contributed by atoms with van der Waals surface area (Å²) >= 11 is 0. The number of phosphoric acid groups is 1. The molecule has 0 aromatic rings. The molecule has 0 bridgehead atoms. The zero-order valence-electron chi connectivity index (χ0n) is 35.6. The number of unbranched alkanes of at least 4 members (excludes halogenated alkanes) is 26. The van der Waals surface area contributed by atoms with Crippen LogP contribution in [-0.2, 0) is 27.9 Å². The van der Waals surface area contributed by atoms with E-state index in [1.165, 1.54) is 128 Å². The van der Waals surface area contributed by atoms with Crippen LogP contribution in [-0.4, -0.2) is 54.3 Å². The molecular formula is C45H86NO8P. The normalized spacial score (nSPS) is 13.5. The van der Waals surface area contributed by atoms with E-state index in [4.69, 9.17) is 13.8 Å². The molecule has 0 rings (SSSR count). The van der Waals surface area contributed by atoms with Gasteiger partial charge in [0.25, 0.3) is 0 Å². The third kappa shape index (κ3) is 43.5. The minimum Gasteiger partial charge on any atom is -0.463 e. The van der Waals surface area contributed by atoms with Gasteiger partial charge in [-0.1, -0.05) is 192 Å². The molecule has 0 saturated heterocycles. The minimum atomic E-state index is -4.42. The highest BCUT2D eigenvalue weighted by molar-refractivity contribution is 7.47. The molecule has 0 aromatic carbocycles. The van der Waals surface area contributed by atoms with Gasteiger partial charge in [0.15, 0.2) is 0 Å². The number of hydrogen-bond donors (Lipinski definition) is 3. The van der Waals surface area contributed by atoms with Crippen molar-refractivity contribution >= 4 is 19.7 Å². The summed E-state index contributed by atoms with van der Waals surface area (Å²) < 4.78 is 26.9. The van der Waals surface area contributed by atoms with Crippen LogP contribution in [0.2, 0.25) is 0 Å². The van der Waals surface area contributed by atoms with E-state index in [0.29, 0.717) is 6.42 Å². The van der Waals surface area contributed by atoms with E-state index in [-0.39, 0.29) is 32.1 Å². The highest BCUT2D eigenvalue weighted by Gasteiger charge is 2.23. The van der Waals surface area contributed by atoms with E-state index in [2.05, 4.69) is 43.5 Å². The van der Waals surface area contributed by atoms with Crippen LogP contribution in [0.25, 0.3) is 0 Å². The number of rotatable bonds is 43. The number of aliphatic hydroxyl groups excluding tert-OH is 1. The van der Waals surface area contributed by atoms with Gasteiger partial charge in [0, 0.05) is 19.4 Å². The summed E-state index contributed by atoms with van der Waals surface area (Å²) in [6, 6.07) is 0. The zero-order valence-corrected chi connectivity index (χ0v) is 36.5. The Kier molecular flexibility index (Phi) is 40.9. The van der Waals surface area contributed by atoms with Crippen LogP contribution in [0.1, 0.15) is 219 Å². The van der Waals surface area contributed by atoms with Gasteiger partial charge >= 0.3 is 13.8 Å². The van der Waals surface area contributed by atoms with E-state index in [1.807, 2.05) is 0 Å². The van der Waals surface area contributed by atoms with Gasteiger partial charge in [-0.2, -0.15) is 0 Å². The number of esters is 1. The molecule has 2 unspecified atom stereocenters. The van der Waals surface area contributed by atoms with Gasteiger partial charge in [0.05, 0.1) is 13.2 Å². The van der Waals surface area contributed by atoms with Gasteiger partial charge in [-0.15, -0.1) is 0 Å². The number of amides is 1. The first-order valence-electron chi connectivity index (χ1n) is 22.8. The first kappa shape index (κ1) is 53.5. The van der Waals surface area contributed by atoms with E-state index in [1.54, 1.807) is 0 Å². The van der Waals surface area contributed by atoms with Crippen LogP contribution in [0.5, 0.6) is 0 Å². The summed E-state index contributed by atoms with van der Waals surface area (Å²) in [5.41, 5.74) is 0. The summed E-state index contributed by atoms with van der Waals surface area (Å²) in [7, 11) is -4.42. The maximum Gasteiger partial charge on any atom is 0.472 e.